The molecule has 3 unspecified atom stereocenters. The van der Waals surface area contributed by atoms with E-state index in [9.17, 15) is 14.0 Å². The minimum absolute atomic E-state index is 0. The topological polar surface area (TPSA) is 84.2 Å². The van der Waals surface area contributed by atoms with Crippen molar-refractivity contribution in [2.75, 3.05) is 5.32 Å². The Hall–Kier alpha value is -2.44. The van der Waals surface area contributed by atoms with E-state index in [0.717, 1.165) is 12.0 Å². The van der Waals surface area contributed by atoms with Crippen molar-refractivity contribution in [3.8, 4) is 0 Å². The Labute approximate surface area is 171 Å². The molecule has 0 aliphatic rings. The third-order valence-corrected chi connectivity index (χ3v) is 4.69. The smallest absolute Gasteiger partial charge is 0.255 e. The minimum atomic E-state index is -0.535. The summed E-state index contributed by atoms with van der Waals surface area (Å²) in [5.74, 6) is -0.768. The average Bonchev–Trinajstić information content (AvgIpc) is 2.67. The molecule has 0 aliphatic heterocycles. The first-order chi connectivity index (χ1) is 12.8. The molecular weight excluding hydrogens is 381 g/mol. The Bertz CT molecular complexity index is 781. The molecule has 0 heterocycles. The summed E-state index contributed by atoms with van der Waals surface area (Å²) in [5, 5.41) is 5.67. The molecule has 4 N–H and O–H groups in total. The van der Waals surface area contributed by atoms with Crippen molar-refractivity contribution in [1.82, 2.24) is 5.32 Å². The number of hydrogen-bond donors (Lipinski definition) is 3. The number of rotatable bonds is 7. The number of hydrogen-bond acceptors (Lipinski definition) is 3. The van der Waals surface area contributed by atoms with E-state index in [1.165, 1.54) is 24.3 Å². The van der Waals surface area contributed by atoms with Gasteiger partial charge in [0.05, 0.1) is 12.1 Å². The number of nitrogens with two attached hydrogens (primary N) is 1. The molecule has 0 saturated heterocycles. The average molecular weight is 408 g/mol. The van der Waals surface area contributed by atoms with Gasteiger partial charge in [0.15, 0.2) is 0 Å². The van der Waals surface area contributed by atoms with Crippen LogP contribution < -0.4 is 16.4 Å². The van der Waals surface area contributed by atoms with E-state index in [1.807, 2.05) is 32.9 Å². The molecule has 3 atom stereocenters. The van der Waals surface area contributed by atoms with Gasteiger partial charge in [-0.1, -0.05) is 32.4 Å². The Kier molecular flexibility index (Phi) is 9.09. The lowest BCUT2D eigenvalue weighted by molar-refractivity contribution is -0.124. The van der Waals surface area contributed by atoms with Crippen molar-refractivity contribution in [3.63, 3.8) is 0 Å². The fourth-order valence-corrected chi connectivity index (χ4v) is 2.56. The van der Waals surface area contributed by atoms with Crippen LogP contribution in [0.1, 0.15) is 49.2 Å². The lowest BCUT2D eigenvalue weighted by atomic mass is 9.98. The third kappa shape index (κ3) is 6.32. The first-order valence-electron chi connectivity index (χ1n) is 9.04. The van der Waals surface area contributed by atoms with Gasteiger partial charge in [-0.2, -0.15) is 0 Å². The minimum Gasteiger partial charge on any atom is -0.348 e. The molecule has 2 aromatic carbocycles. The fourth-order valence-electron chi connectivity index (χ4n) is 2.56. The third-order valence-electron chi connectivity index (χ3n) is 4.69. The predicted molar refractivity (Wildman–Crippen MR) is 112 cm³/mol. The van der Waals surface area contributed by atoms with Crippen molar-refractivity contribution >= 4 is 29.9 Å². The summed E-state index contributed by atoms with van der Waals surface area (Å²) in [6, 6.07) is 11.8. The van der Waals surface area contributed by atoms with Crippen LogP contribution in [0.15, 0.2) is 48.5 Å². The number of benzene rings is 2. The van der Waals surface area contributed by atoms with Crippen LogP contribution in [0.4, 0.5) is 10.1 Å². The highest BCUT2D eigenvalue weighted by molar-refractivity contribution is 6.04. The van der Waals surface area contributed by atoms with Crippen LogP contribution in [0.2, 0.25) is 0 Å². The highest BCUT2D eigenvalue weighted by Gasteiger charge is 2.21. The number of amides is 2. The molecule has 2 amide bonds. The van der Waals surface area contributed by atoms with Crippen LogP contribution in [-0.2, 0) is 4.79 Å². The number of halogens is 2. The second kappa shape index (κ2) is 10.8. The largest absolute Gasteiger partial charge is 0.348 e. The molecule has 0 bridgehead atoms. The summed E-state index contributed by atoms with van der Waals surface area (Å²) in [5.41, 5.74) is 7.85. The maximum absolute atomic E-state index is 12.9. The summed E-state index contributed by atoms with van der Waals surface area (Å²) in [7, 11) is 0. The lowest BCUT2D eigenvalue weighted by Crippen LogP contribution is -2.45. The number of anilines is 1. The van der Waals surface area contributed by atoms with E-state index in [4.69, 9.17) is 5.73 Å². The molecular formula is C21H27ClFN3O2. The van der Waals surface area contributed by atoms with E-state index in [-0.39, 0.29) is 42.0 Å². The molecule has 0 saturated carbocycles. The predicted octanol–water partition coefficient (Wildman–Crippen LogP) is 4.05. The first kappa shape index (κ1) is 23.6. The molecule has 0 radical (unpaired) electrons. The van der Waals surface area contributed by atoms with Gasteiger partial charge in [-0.3, -0.25) is 9.59 Å². The Balaban J connectivity index is 0.00000392. The number of carbonyl (C=O) groups is 2. The second-order valence-corrected chi connectivity index (χ2v) is 6.72. The van der Waals surface area contributed by atoms with E-state index in [2.05, 4.69) is 10.6 Å². The maximum atomic E-state index is 12.9. The van der Waals surface area contributed by atoms with Gasteiger partial charge in [-0.05, 0) is 54.8 Å². The zero-order chi connectivity index (χ0) is 20.0. The van der Waals surface area contributed by atoms with Gasteiger partial charge in [0.2, 0.25) is 5.91 Å². The molecule has 2 aromatic rings. The Morgan fingerprint density at radius 1 is 1.04 bits per heavy atom. The quantitative estimate of drug-likeness (QED) is 0.647. The molecule has 152 valence electrons. The normalized spacial score (nSPS) is 13.6. The van der Waals surface area contributed by atoms with Crippen molar-refractivity contribution < 1.29 is 14.0 Å². The highest BCUT2D eigenvalue weighted by Crippen LogP contribution is 2.18. The summed E-state index contributed by atoms with van der Waals surface area (Å²) in [6.07, 6.45) is 0.839. The molecule has 7 heteroatoms. The summed E-state index contributed by atoms with van der Waals surface area (Å²) in [6.45, 7) is 5.83. The van der Waals surface area contributed by atoms with Gasteiger partial charge < -0.3 is 16.4 Å². The maximum Gasteiger partial charge on any atom is 0.255 e. The van der Waals surface area contributed by atoms with Gasteiger partial charge in [0, 0.05) is 11.3 Å². The van der Waals surface area contributed by atoms with Crippen LogP contribution in [0, 0.1) is 11.7 Å². The number of nitrogens with one attached hydrogen (secondary N) is 2. The molecule has 28 heavy (non-hydrogen) atoms. The van der Waals surface area contributed by atoms with Gasteiger partial charge >= 0.3 is 0 Å². The molecule has 0 aliphatic carbocycles. The van der Waals surface area contributed by atoms with Crippen molar-refractivity contribution in [1.29, 1.82) is 0 Å². The van der Waals surface area contributed by atoms with Crippen LogP contribution in [0.5, 0.6) is 0 Å². The highest BCUT2D eigenvalue weighted by atomic mass is 35.5. The van der Waals surface area contributed by atoms with E-state index in [0.29, 0.717) is 11.3 Å². The molecule has 0 fully saturated rings. The van der Waals surface area contributed by atoms with Crippen LogP contribution in [0.25, 0.3) is 0 Å². The van der Waals surface area contributed by atoms with E-state index < -0.39 is 6.04 Å². The lowest BCUT2D eigenvalue weighted by Gasteiger charge is -2.21. The van der Waals surface area contributed by atoms with Crippen LogP contribution in [0.3, 0.4) is 0 Å². The van der Waals surface area contributed by atoms with Gasteiger partial charge in [-0.25, -0.2) is 4.39 Å². The molecule has 5 nitrogen and oxygen atoms in total. The Morgan fingerprint density at radius 2 is 1.61 bits per heavy atom. The summed E-state index contributed by atoms with van der Waals surface area (Å²) < 4.78 is 12.9. The Morgan fingerprint density at radius 3 is 2.14 bits per heavy atom. The molecule has 0 aromatic heterocycles. The van der Waals surface area contributed by atoms with Crippen molar-refractivity contribution in [2.45, 2.75) is 39.3 Å². The fraction of sp³-hybridized carbons (Fsp3) is 0.333. The van der Waals surface area contributed by atoms with Crippen molar-refractivity contribution in [3.05, 3.63) is 65.5 Å². The van der Waals surface area contributed by atoms with E-state index >= 15 is 0 Å². The zero-order valence-corrected chi connectivity index (χ0v) is 17.1. The zero-order valence-electron chi connectivity index (χ0n) is 16.2. The first-order valence-corrected chi connectivity index (χ1v) is 9.04. The van der Waals surface area contributed by atoms with Gasteiger partial charge in [0.25, 0.3) is 5.91 Å². The second-order valence-electron chi connectivity index (χ2n) is 6.72. The van der Waals surface area contributed by atoms with Crippen molar-refractivity contribution in [2.24, 2.45) is 11.7 Å². The van der Waals surface area contributed by atoms with Gasteiger partial charge in [0.1, 0.15) is 5.82 Å². The summed E-state index contributed by atoms with van der Waals surface area (Å²) >= 11 is 0. The van der Waals surface area contributed by atoms with Crippen LogP contribution >= 0.6 is 12.4 Å². The molecule has 0 spiro atoms. The number of carbonyl (C=O) groups excluding carboxylic acids is 2. The van der Waals surface area contributed by atoms with E-state index in [1.54, 1.807) is 12.1 Å². The van der Waals surface area contributed by atoms with Crippen LogP contribution in [-0.4, -0.2) is 17.9 Å². The summed E-state index contributed by atoms with van der Waals surface area (Å²) in [4.78, 5) is 24.4. The standard InChI is InChI=1S/C21H26FN3O2.ClH/c1-4-13(2)19(23)21(27)24-14(3)15-7-11-18(12-8-15)25-20(26)16-5-9-17(22)10-6-16;/h5-14,19H,4,23H2,1-3H3,(H,24,27)(H,25,26);1H. The SMILES string of the molecule is CCC(C)C(N)C(=O)NC(C)c1ccc(NC(=O)c2ccc(F)cc2)cc1.Cl. The molecule has 2 rings (SSSR count). The van der Waals surface area contributed by atoms with Gasteiger partial charge in [-0.15, -0.1) is 12.4 Å². The monoisotopic (exact) mass is 407 g/mol.